The summed E-state index contributed by atoms with van der Waals surface area (Å²) >= 11 is 2.28. The second kappa shape index (κ2) is 8.02. The maximum atomic E-state index is 15.1. The third-order valence-electron chi connectivity index (χ3n) is 5.70. The maximum Gasteiger partial charge on any atom is 0.144 e. The molecule has 0 bridgehead atoms. The molecule has 1 N–H and O–H groups in total. The maximum absolute atomic E-state index is 15.1. The molecule has 0 amide bonds. The fourth-order valence-corrected chi connectivity index (χ4v) is 4.38. The molecule has 0 radical (unpaired) electrons. The van der Waals surface area contributed by atoms with Crippen LogP contribution < -0.4 is 5.32 Å². The van der Waals surface area contributed by atoms with E-state index in [0.717, 1.165) is 37.0 Å². The Morgan fingerprint density at radius 1 is 1.13 bits per heavy atom. The van der Waals surface area contributed by atoms with Crippen LogP contribution in [-0.4, -0.2) is 33.5 Å². The van der Waals surface area contributed by atoms with Gasteiger partial charge in [0, 0.05) is 21.2 Å². The average molecular weight is 523 g/mol. The van der Waals surface area contributed by atoms with Crippen LogP contribution in [0.1, 0.15) is 12.0 Å². The van der Waals surface area contributed by atoms with Gasteiger partial charge in [0.05, 0.1) is 35.6 Å². The predicted octanol–water partition coefficient (Wildman–Crippen LogP) is 4.94. The van der Waals surface area contributed by atoms with E-state index in [2.05, 4.69) is 39.1 Å². The van der Waals surface area contributed by atoms with E-state index in [1.165, 1.54) is 0 Å². The lowest BCUT2D eigenvalue weighted by Gasteiger charge is -2.19. The first-order valence-corrected chi connectivity index (χ1v) is 11.2. The third kappa shape index (κ3) is 3.93. The van der Waals surface area contributed by atoms with Gasteiger partial charge in [-0.05, 0) is 71.5 Å². The molecular formula is C24H19FIN5. The average Bonchev–Trinajstić information content (AvgIpc) is 3.39. The molecule has 1 saturated heterocycles. The fourth-order valence-electron chi connectivity index (χ4n) is 4.02. The first-order chi connectivity index (χ1) is 15.0. The van der Waals surface area contributed by atoms with Crippen molar-refractivity contribution < 1.29 is 4.39 Å². The quantitative estimate of drug-likeness (QED) is 0.385. The molecule has 1 atom stereocenters. The fraction of sp³-hybridized carbons (Fsp3) is 0.208. The van der Waals surface area contributed by atoms with Crippen LogP contribution in [0.2, 0.25) is 0 Å². The van der Waals surface area contributed by atoms with Gasteiger partial charge in [-0.2, -0.15) is 10.4 Å². The minimum absolute atomic E-state index is 0.195. The van der Waals surface area contributed by atoms with Crippen LogP contribution in [0.5, 0.6) is 0 Å². The summed E-state index contributed by atoms with van der Waals surface area (Å²) in [6.45, 7) is 1.22. The molecule has 2 aromatic carbocycles. The number of rotatable bonds is 4. The molecule has 1 fully saturated rings. The van der Waals surface area contributed by atoms with Crippen LogP contribution in [0.4, 0.5) is 4.39 Å². The van der Waals surface area contributed by atoms with Crippen LogP contribution in [0.15, 0.2) is 60.8 Å². The molecule has 1 unspecified atom stereocenters. The van der Waals surface area contributed by atoms with Crippen molar-refractivity contribution in [3.63, 3.8) is 0 Å². The van der Waals surface area contributed by atoms with Gasteiger partial charge in [-0.1, -0.05) is 24.3 Å². The smallest absolute Gasteiger partial charge is 0.144 e. The molecule has 5 nitrogen and oxygen atoms in total. The van der Waals surface area contributed by atoms with Gasteiger partial charge in [-0.15, -0.1) is 0 Å². The zero-order valence-corrected chi connectivity index (χ0v) is 18.8. The molecule has 5 rings (SSSR count). The summed E-state index contributed by atoms with van der Waals surface area (Å²) in [4.78, 5) is 4.92. The number of halogens is 2. The van der Waals surface area contributed by atoms with Crippen LogP contribution in [0.25, 0.3) is 33.4 Å². The van der Waals surface area contributed by atoms with Gasteiger partial charge in [0.1, 0.15) is 11.2 Å². The van der Waals surface area contributed by atoms with Crippen molar-refractivity contribution >= 4 is 33.6 Å². The number of benzene rings is 2. The lowest BCUT2D eigenvalue weighted by molar-refractivity contribution is 0.158. The number of fused-ring (bicyclic) bond motifs is 1. The highest BCUT2D eigenvalue weighted by molar-refractivity contribution is 14.1. The van der Waals surface area contributed by atoms with Crippen molar-refractivity contribution in [2.24, 2.45) is 0 Å². The van der Waals surface area contributed by atoms with E-state index in [1.54, 1.807) is 23.0 Å². The van der Waals surface area contributed by atoms with Crippen LogP contribution in [0, 0.1) is 14.9 Å². The summed E-state index contributed by atoms with van der Waals surface area (Å²) in [7, 11) is 0. The molecule has 0 aliphatic carbocycles. The Bertz CT molecular complexity index is 1280. The molecule has 1 aliphatic rings. The van der Waals surface area contributed by atoms with Crippen molar-refractivity contribution in [1.82, 2.24) is 20.1 Å². The van der Waals surface area contributed by atoms with Crippen molar-refractivity contribution in [2.45, 2.75) is 18.6 Å². The van der Waals surface area contributed by atoms with E-state index < -0.39 is 5.67 Å². The van der Waals surface area contributed by atoms with Crippen molar-refractivity contribution in [2.75, 3.05) is 13.1 Å². The zero-order valence-electron chi connectivity index (χ0n) is 16.6. The van der Waals surface area contributed by atoms with E-state index >= 15 is 4.39 Å². The van der Waals surface area contributed by atoms with Crippen molar-refractivity contribution in [1.29, 1.82) is 5.26 Å². The number of aromatic nitrogens is 3. The van der Waals surface area contributed by atoms with Crippen LogP contribution >= 0.6 is 22.6 Å². The Morgan fingerprint density at radius 3 is 2.55 bits per heavy atom. The molecule has 7 heteroatoms. The van der Waals surface area contributed by atoms with Gasteiger partial charge in [0.25, 0.3) is 0 Å². The second-order valence-corrected chi connectivity index (χ2v) is 9.11. The van der Waals surface area contributed by atoms with Gasteiger partial charge in [0.2, 0.25) is 0 Å². The molecule has 4 aromatic rings. The topological polar surface area (TPSA) is 66.5 Å². The van der Waals surface area contributed by atoms with Gasteiger partial charge < -0.3 is 5.32 Å². The summed E-state index contributed by atoms with van der Waals surface area (Å²) in [6, 6.07) is 19.8. The molecule has 1 aliphatic heterocycles. The minimum Gasteiger partial charge on any atom is -0.313 e. The SMILES string of the molecule is N#Cc1ccc(-c2cc3c(cnn3CC3(F)CCNC3)nc2-c2ccc(I)cc2)cc1. The Balaban J connectivity index is 1.67. The Morgan fingerprint density at radius 2 is 1.87 bits per heavy atom. The largest absolute Gasteiger partial charge is 0.313 e. The van der Waals surface area contributed by atoms with Gasteiger partial charge in [0.15, 0.2) is 0 Å². The van der Waals surface area contributed by atoms with Gasteiger partial charge in [-0.3, -0.25) is 4.68 Å². The highest BCUT2D eigenvalue weighted by Gasteiger charge is 2.34. The summed E-state index contributed by atoms with van der Waals surface area (Å²) < 4.78 is 18.0. The molecule has 31 heavy (non-hydrogen) atoms. The number of pyridine rings is 1. The Labute approximate surface area is 193 Å². The molecule has 0 spiro atoms. The Kier molecular flexibility index (Phi) is 5.20. The first kappa shape index (κ1) is 20.1. The van der Waals surface area contributed by atoms with Crippen molar-refractivity contribution in [3.05, 3.63) is 69.9 Å². The van der Waals surface area contributed by atoms with E-state index in [-0.39, 0.29) is 6.54 Å². The molecule has 2 aromatic heterocycles. The molecule has 154 valence electrons. The second-order valence-electron chi connectivity index (χ2n) is 7.86. The van der Waals surface area contributed by atoms with E-state index in [9.17, 15) is 0 Å². The summed E-state index contributed by atoms with van der Waals surface area (Å²) in [5.74, 6) is 0. The molecule has 3 heterocycles. The van der Waals surface area contributed by atoms with E-state index in [4.69, 9.17) is 10.2 Å². The van der Waals surface area contributed by atoms with E-state index in [0.29, 0.717) is 25.1 Å². The monoisotopic (exact) mass is 523 g/mol. The van der Waals surface area contributed by atoms with Crippen LogP contribution in [0.3, 0.4) is 0 Å². The zero-order chi connectivity index (χ0) is 21.4. The number of alkyl halides is 1. The minimum atomic E-state index is -1.30. The number of nitrogens with zero attached hydrogens (tertiary/aromatic N) is 4. The number of nitrogens with one attached hydrogen (secondary N) is 1. The van der Waals surface area contributed by atoms with Crippen LogP contribution in [-0.2, 0) is 6.54 Å². The molecule has 0 saturated carbocycles. The first-order valence-electron chi connectivity index (χ1n) is 10.1. The number of hydrogen-bond acceptors (Lipinski definition) is 4. The number of nitriles is 1. The summed E-state index contributed by atoms with van der Waals surface area (Å²) in [6.07, 6.45) is 2.19. The lowest BCUT2D eigenvalue weighted by atomic mass is 9.98. The standard InChI is InChI=1S/C24H19FIN5/c25-24(9-10-28-14-24)15-31-22-11-20(17-3-1-16(12-27)2-4-17)23(30-21(22)13-29-31)18-5-7-19(26)8-6-18/h1-8,11,13,28H,9-10,14-15H2. The van der Waals surface area contributed by atoms with Gasteiger partial charge in [-0.25, -0.2) is 9.37 Å². The normalized spacial score (nSPS) is 18.4. The number of hydrogen-bond donors (Lipinski definition) is 1. The van der Waals surface area contributed by atoms with Gasteiger partial charge >= 0.3 is 0 Å². The lowest BCUT2D eigenvalue weighted by Crippen LogP contribution is -2.32. The summed E-state index contributed by atoms with van der Waals surface area (Å²) in [5, 5.41) is 16.7. The predicted molar refractivity (Wildman–Crippen MR) is 127 cm³/mol. The molecular weight excluding hydrogens is 504 g/mol. The van der Waals surface area contributed by atoms with Crippen molar-refractivity contribution in [3.8, 4) is 28.5 Å². The summed E-state index contributed by atoms with van der Waals surface area (Å²) in [5.41, 5.74) is 4.55. The highest BCUT2D eigenvalue weighted by atomic mass is 127. The Hall–Kier alpha value is -2.83. The highest BCUT2D eigenvalue weighted by Crippen LogP contribution is 2.34. The third-order valence-corrected chi connectivity index (χ3v) is 6.41. The van der Waals surface area contributed by atoms with E-state index in [1.807, 2.05) is 42.5 Å².